The Morgan fingerprint density at radius 2 is 1.88 bits per heavy atom. The molecule has 124 valence electrons. The van der Waals surface area contributed by atoms with Gasteiger partial charge in [0.05, 0.1) is 0 Å². The van der Waals surface area contributed by atoms with Crippen LogP contribution >= 0.6 is 0 Å². The number of nitrogens with one attached hydrogen (secondary N) is 2. The van der Waals surface area contributed by atoms with E-state index in [-0.39, 0.29) is 18.2 Å². The lowest BCUT2D eigenvalue weighted by Crippen LogP contribution is -2.39. The van der Waals surface area contributed by atoms with E-state index in [1.165, 1.54) is 5.56 Å². The van der Waals surface area contributed by atoms with E-state index in [4.69, 9.17) is 9.47 Å². The van der Waals surface area contributed by atoms with Crippen molar-refractivity contribution in [2.75, 3.05) is 13.3 Å². The van der Waals surface area contributed by atoms with Crippen LogP contribution in [0.25, 0.3) is 0 Å². The molecule has 2 heterocycles. The molecule has 6 nitrogen and oxygen atoms in total. The van der Waals surface area contributed by atoms with Crippen LogP contribution in [0, 0.1) is 0 Å². The largest absolute Gasteiger partial charge is 0.454 e. The van der Waals surface area contributed by atoms with Crippen molar-refractivity contribution in [2.45, 2.75) is 24.8 Å². The summed E-state index contributed by atoms with van der Waals surface area (Å²) in [7, 11) is 0. The molecule has 0 spiro atoms. The van der Waals surface area contributed by atoms with Crippen LogP contribution in [-0.4, -0.2) is 24.4 Å². The Bertz CT molecular complexity index is 744. The van der Waals surface area contributed by atoms with E-state index in [0.717, 1.165) is 29.9 Å². The molecule has 1 aromatic heterocycles. The summed E-state index contributed by atoms with van der Waals surface area (Å²) in [6.07, 6.45) is 5.57. The standard InChI is InChI=1S/C18H19N3O3/c22-17(20-10-13-3-7-19-8-4-13)21-11-18(5-6-18)14-1-2-15-16(9-14)24-12-23-15/h1-4,7-9H,5-6,10-12H2,(H2,20,21,22). The van der Waals surface area contributed by atoms with Gasteiger partial charge < -0.3 is 20.1 Å². The van der Waals surface area contributed by atoms with Crippen LogP contribution < -0.4 is 20.1 Å². The van der Waals surface area contributed by atoms with E-state index >= 15 is 0 Å². The molecule has 0 bridgehead atoms. The van der Waals surface area contributed by atoms with Crippen molar-refractivity contribution < 1.29 is 14.3 Å². The summed E-state index contributed by atoms with van der Waals surface area (Å²) in [5.41, 5.74) is 2.24. The molecular formula is C18H19N3O3. The average molecular weight is 325 g/mol. The van der Waals surface area contributed by atoms with Gasteiger partial charge in [0.2, 0.25) is 6.79 Å². The fourth-order valence-electron chi connectivity index (χ4n) is 2.94. The van der Waals surface area contributed by atoms with Gasteiger partial charge in [0.25, 0.3) is 0 Å². The number of urea groups is 1. The first-order valence-electron chi connectivity index (χ1n) is 8.06. The highest BCUT2D eigenvalue weighted by Crippen LogP contribution is 2.49. The third kappa shape index (κ3) is 2.99. The predicted octanol–water partition coefficient (Wildman–Crippen LogP) is 2.34. The molecule has 2 aliphatic rings. The first kappa shape index (κ1) is 14.8. The van der Waals surface area contributed by atoms with Crippen LogP contribution in [0.4, 0.5) is 4.79 Å². The minimum atomic E-state index is -0.154. The van der Waals surface area contributed by atoms with Crippen LogP contribution in [0.15, 0.2) is 42.7 Å². The average Bonchev–Trinajstić information content (AvgIpc) is 3.27. The predicted molar refractivity (Wildman–Crippen MR) is 88.0 cm³/mol. The van der Waals surface area contributed by atoms with Crippen LogP contribution in [-0.2, 0) is 12.0 Å². The summed E-state index contributed by atoms with van der Waals surface area (Å²) < 4.78 is 10.8. The Balaban J connectivity index is 1.33. The Hall–Kier alpha value is -2.76. The summed E-state index contributed by atoms with van der Waals surface area (Å²) in [5.74, 6) is 1.58. The van der Waals surface area contributed by atoms with Gasteiger partial charge in [0.1, 0.15) is 0 Å². The summed E-state index contributed by atoms with van der Waals surface area (Å²) in [6.45, 7) is 1.39. The lowest BCUT2D eigenvalue weighted by atomic mass is 9.95. The molecule has 0 saturated heterocycles. The maximum Gasteiger partial charge on any atom is 0.315 e. The normalized spacial score (nSPS) is 16.5. The van der Waals surface area contributed by atoms with Gasteiger partial charge in [-0.15, -0.1) is 0 Å². The Labute approximate surface area is 140 Å². The number of ether oxygens (including phenoxy) is 2. The summed E-state index contributed by atoms with van der Waals surface area (Å²) >= 11 is 0. The molecule has 0 radical (unpaired) electrons. The minimum absolute atomic E-state index is 0.0228. The summed E-state index contributed by atoms with van der Waals surface area (Å²) in [6, 6.07) is 9.66. The smallest absolute Gasteiger partial charge is 0.315 e. The molecule has 2 N–H and O–H groups in total. The van der Waals surface area contributed by atoms with Crippen molar-refractivity contribution in [3.05, 3.63) is 53.9 Å². The van der Waals surface area contributed by atoms with Gasteiger partial charge in [-0.3, -0.25) is 4.98 Å². The number of benzene rings is 1. The molecule has 6 heteroatoms. The number of carbonyl (C=O) groups excluding carboxylic acids is 1. The zero-order chi connectivity index (χ0) is 16.4. The topological polar surface area (TPSA) is 72.5 Å². The van der Waals surface area contributed by atoms with E-state index in [1.807, 2.05) is 24.3 Å². The van der Waals surface area contributed by atoms with Gasteiger partial charge in [-0.05, 0) is 48.2 Å². The third-order valence-corrected chi connectivity index (χ3v) is 4.63. The molecule has 1 saturated carbocycles. The number of pyridine rings is 1. The maximum atomic E-state index is 12.0. The quantitative estimate of drug-likeness (QED) is 0.885. The van der Waals surface area contributed by atoms with Crippen molar-refractivity contribution in [3.63, 3.8) is 0 Å². The molecule has 2 aromatic rings. The van der Waals surface area contributed by atoms with Crippen molar-refractivity contribution in [1.29, 1.82) is 0 Å². The number of hydrogen-bond donors (Lipinski definition) is 2. The lowest BCUT2D eigenvalue weighted by molar-refractivity contribution is 0.174. The van der Waals surface area contributed by atoms with Crippen LogP contribution in [0.2, 0.25) is 0 Å². The number of hydrogen-bond acceptors (Lipinski definition) is 4. The lowest BCUT2D eigenvalue weighted by Gasteiger charge is -2.17. The van der Waals surface area contributed by atoms with Crippen LogP contribution in [0.3, 0.4) is 0 Å². The fraction of sp³-hybridized carbons (Fsp3) is 0.333. The molecule has 1 fully saturated rings. The number of rotatable bonds is 5. The van der Waals surface area contributed by atoms with Crippen molar-refractivity contribution in [3.8, 4) is 11.5 Å². The maximum absolute atomic E-state index is 12.0. The van der Waals surface area contributed by atoms with Gasteiger partial charge in [-0.2, -0.15) is 0 Å². The van der Waals surface area contributed by atoms with E-state index < -0.39 is 0 Å². The number of fused-ring (bicyclic) bond motifs is 1. The summed E-state index contributed by atoms with van der Waals surface area (Å²) in [4.78, 5) is 16.0. The Kier molecular flexibility index (Phi) is 3.72. The highest BCUT2D eigenvalue weighted by atomic mass is 16.7. The highest BCUT2D eigenvalue weighted by Gasteiger charge is 2.45. The molecule has 24 heavy (non-hydrogen) atoms. The monoisotopic (exact) mass is 325 g/mol. The number of amides is 2. The molecular weight excluding hydrogens is 306 g/mol. The first-order chi connectivity index (χ1) is 11.8. The van der Waals surface area contributed by atoms with Crippen molar-refractivity contribution in [1.82, 2.24) is 15.6 Å². The van der Waals surface area contributed by atoms with Gasteiger partial charge in [0, 0.05) is 30.9 Å². The third-order valence-electron chi connectivity index (χ3n) is 4.63. The van der Waals surface area contributed by atoms with Gasteiger partial charge in [0.15, 0.2) is 11.5 Å². The summed E-state index contributed by atoms with van der Waals surface area (Å²) in [5, 5.41) is 5.85. The second kappa shape index (κ2) is 6.03. The minimum Gasteiger partial charge on any atom is -0.454 e. The molecule has 1 aliphatic carbocycles. The SMILES string of the molecule is O=C(NCc1ccncc1)NCC1(c2ccc3c(c2)OCO3)CC1. The Morgan fingerprint density at radius 1 is 1.08 bits per heavy atom. The van der Waals surface area contributed by atoms with Gasteiger partial charge in [-0.25, -0.2) is 4.79 Å². The molecule has 2 amide bonds. The van der Waals surface area contributed by atoms with E-state index in [9.17, 15) is 4.79 Å². The second-order valence-electron chi connectivity index (χ2n) is 6.24. The van der Waals surface area contributed by atoms with Crippen molar-refractivity contribution in [2.24, 2.45) is 0 Å². The first-order valence-corrected chi connectivity index (χ1v) is 8.06. The highest BCUT2D eigenvalue weighted by molar-refractivity contribution is 5.74. The zero-order valence-electron chi connectivity index (χ0n) is 13.2. The zero-order valence-corrected chi connectivity index (χ0v) is 13.2. The van der Waals surface area contributed by atoms with E-state index in [2.05, 4.69) is 21.7 Å². The van der Waals surface area contributed by atoms with E-state index in [1.54, 1.807) is 12.4 Å². The van der Waals surface area contributed by atoms with Gasteiger partial charge in [-0.1, -0.05) is 6.07 Å². The second-order valence-corrected chi connectivity index (χ2v) is 6.24. The Morgan fingerprint density at radius 3 is 2.67 bits per heavy atom. The van der Waals surface area contributed by atoms with Crippen molar-refractivity contribution >= 4 is 6.03 Å². The molecule has 0 atom stereocenters. The molecule has 4 rings (SSSR count). The molecule has 1 aromatic carbocycles. The molecule has 0 unspecified atom stereocenters. The van der Waals surface area contributed by atoms with Gasteiger partial charge >= 0.3 is 6.03 Å². The van der Waals surface area contributed by atoms with Crippen LogP contribution in [0.5, 0.6) is 11.5 Å². The van der Waals surface area contributed by atoms with E-state index in [0.29, 0.717) is 13.1 Å². The number of nitrogens with zero attached hydrogens (tertiary/aromatic N) is 1. The fourth-order valence-corrected chi connectivity index (χ4v) is 2.94. The number of carbonyl (C=O) groups is 1. The van der Waals surface area contributed by atoms with Crippen LogP contribution in [0.1, 0.15) is 24.0 Å². The number of aromatic nitrogens is 1. The molecule has 1 aliphatic heterocycles.